The number of benzene rings is 1. The van der Waals surface area contributed by atoms with Crippen molar-refractivity contribution in [3.8, 4) is 0 Å². The Hall–Kier alpha value is -2.49. The van der Waals surface area contributed by atoms with E-state index in [9.17, 15) is 4.79 Å². The summed E-state index contributed by atoms with van der Waals surface area (Å²) in [6, 6.07) is 10.3. The minimum absolute atomic E-state index is 0.000703. The molecule has 0 atom stereocenters. The lowest BCUT2D eigenvalue weighted by atomic mass is 9.98. The third-order valence-corrected chi connectivity index (χ3v) is 4.71. The van der Waals surface area contributed by atoms with Crippen LogP contribution in [-0.4, -0.2) is 22.4 Å². The molecule has 1 aliphatic carbocycles. The number of para-hydroxylation sites is 1. The van der Waals surface area contributed by atoms with Gasteiger partial charge in [-0.3, -0.25) is 4.79 Å². The molecule has 1 amide bonds. The average Bonchev–Trinajstić information content (AvgIpc) is 3.19. The molecule has 4 rings (SSSR count). The molecule has 3 N–H and O–H groups in total. The molecule has 3 aromatic rings. The lowest BCUT2D eigenvalue weighted by Gasteiger charge is -2.08. The van der Waals surface area contributed by atoms with Crippen molar-refractivity contribution in [3.63, 3.8) is 0 Å². The number of amides is 1. The molecule has 4 heteroatoms. The van der Waals surface area contributed by atoms with Gasteiger partial charge < -0.3 is 15.3 Å². The number of nitrogens with one attached hydrogen (secondary N) is 3. The Labute approximate surface area is 135 Å². The summed E-state index contributed by atoms with van der Waals surface area (Å²) >= 11 is 0. The van der Waals surface area contributed by atoms with Crippen molar-refractivity contribution in [2.45, 2.75) is 32.1 Å². The van der Waals surface area contributed by atoms with E-state index in [1.807, 2.05) is 24.4 Å². The lowest BCUT2D eigenvalue weighted by Crippen LogP contribution is -2.26. The Kier molecular flexibility index (Phi) is 3.66. The van der Waals surface area contributed by atoms with Crippen LogP contribution in [-0.2, 0) is 19.3 Å². The van der Waals surface area contributed by atoms with Crippen molar-refractivity contribution in [3.05, 3.63) is 59.0 Å². The van der Waals surface area contributed by atoms with Gasteiger partial charge in [-0.2, -0.15) is 0 Å². The van der Waals surface area contributed by atoms with Gasteiger partial charge in [-0.1, -0.05) is 18.2 Å². The maximum atomic E-state index is 12.3. The molecule has 118 valence electrons. The fraction of sp³-hybridized carbons (Fsp3) is 0.316. The van der Waals surface area contributed by atoms with E-state index >= 15 is 0 Å². The van der Waals surface area contributed by atoms with Gasteiger partial charge in [0.25, 0.3) is 5.91 Å². The molecule has 2 aromatic heterocycles. The van der Waals surface area contributed by atoms with Gasteiger partial charge in [0, 0.05) is 29.3 Å². The van der Waals surface area contributed by atoms with E-state index in [0.29, 0.717) is 12.2 Å². The van der Waals surface area contributed by atoms with Crippen molar-refractivity contribution < 1.29 is 4.79 Å². The van der Waals surface area contributed by atoms with Gasteiger partial charge >= 0.3 is 0 Å². The van der Waals surface area contributed by atoms with E-state index in [-0.39, 0.29) is 5.91 Å². The van der Waals surface area contributed by atoms with Crippen LogP contribution in [0.5, 0.6) is 0 Å². The Balaban J connectivity index is 1.39. The molecule has 0 aliphatic heterocycles. The molecule has 0 fully saturated rings. The topological polar surface area (TPSA) is 60.7 Å². The minimum Gasteiger partial charge on any atom is -0.361 e. The molecule has 1 aliphatic rings. The quantitative estimate of drug-likeness (QED) is 0.680. The highest BCUT2D eigenvalue weighted by atomic mass is 16.1. The van der Waals surface area contributed by atoms with Gasteiger partial charge in [-0.15, -0.1) is 0 Å². The molecule has 23 heavy (non-hydrogen) atoms. The number of aryl methyl sites for hydroxylation is 2. The van der Waals surface area contributed by atoms with Crippen LogP contribution < -0.4 is 5.32 Å². The summed E-state index contributed by atoms with van der Waals surface area (Å²) in [6.45, 7) is 0.643. The van der Waals surface area contributed by atoms with Crippen molar-refractivity contribution in [2.75, 3.05) is 6.54 Å². The lowest BCUT2D eigenvalue weighted by molar-refractivity contribution is 0.0949. The number of fused-ring (bicyclic) bond motifs is 2. The molecule has 0 bridgehead atoms. The van der Waals surface area contributed by atoms with Gasteiger partial charge in [-0.25, -0.2) is 0 Å². The number of aromatic amines is 2. The van der Waals surface area contributed by atoms with Crippen LogP contribution in [0.15, 0.2) is 36.5 Å². The molecule has 2 heterocycles. The predicted octanol–water partition coefficient (Wildman–Crippen LogP) is 3.35. The Bertz CT molecular complexity index is 820. The summed E-state index contributed by atoms with van der Waals surface area (Å²) in [5.41, 5.74) is 5.66. The van der Waals surface area contributed by atoms with E-state index < -0.39 is 0 Å². The van der Waals surface area contributed by atoms with Gasteiger partial charge in [0.05, 0.1) is 0 Å². The summed E-state index contributed by atoms with van der Waals surface area (Å²) in [5, 5.41) is 4.26. The summed E-state index contributed by atoms with van der Waals surface area (Å²) in [4.78, 5) is 18.9. The number of carbonyl (C=O) groups excluding carboxylic acids is 1. The number of aromatic nitrogens is 2. The highest BCUT2D eigenvalue weighted by Gasteiger charge is 2.16. The molecular weight excluding hydrogens is 286 g/mol. The minimum atomic E-state index is -0.000703. The van der Waals surface area contributed by atoms with Crippen LogP contribution in [0, 0.1) is 0 Å². The number of hydrogen-bond acceptors (Lipinski definition) is 1. The van der Waals surface area contributed by atoms with Crippen molar-refractivity contribution in [2.24, 2.45) is 0 Å². The zero-order valence-electron chi connectivity index (χ0n) is 13.1. The number of rotatable bonds is 4. The van der Waals surface area contributed by atoms with Gasteiger partial charge in [-0.05, 0) is 55.4 Å². The molecule has 0 saturated carbocycles. The monoisotopic (exact) mass is 307 g/mol. The fourth-order valence-electron chi connectivity index (χ4n) is 3.47. The van der Waals surface area contributed by atoms with Crippen LogP contribution in [0.2, 0.25) is 0 Å². The second-order valence-electron chi connectivity index (χ2n) is 6.26. The average molecular weight is 307 g/mol. The number of carbonyl (C=O) groups is 1. The van der Waals surface area contributed by atoms with Crippen molar-refractivity contribution >= 4 is 16.8 Å². The molecular formula is C19H21N3O. The Morgan fingerprint density at radius 1 is 1.17 bits per heavy atom. The maximum Gasteiger partial charge on any atom is 0.267 e. The zero-order valence-corrected chi connectivity index (χ0v) is 13.1. The Morgan fingerprint density at radius 3 is 2.96 bits per heavy atom. The summed E-state index contributed by atoms with van der Waals surface area (Å²) < 4.78 is 0. The smallest absolute Gasteiger partial charge is 0.267 e. The number of H-pyrrole nitrogens is 2. The number of hydrogen-bond donors (Lipinski definition) is 3. The van der Waals surface area contributed by atoms with Crippen molar-refractivity contribution in [1.82, 2.24) is 15.3 Å². The van der Waals surface area contributed by atoms with Crippen LogP contribution in [0.1, 0.15) is 40.2 Å². The molecule has 1 aromatic carbocycles. The van der Waals surface area contributed by atoms with Gasteiger partial charge in [0.2, 0.25) is 0 Å². The van der Waals surface area contributed by atoms with Crippen LogP contribution in [0.25, 0.3) is 10.9 Å². The largest absolute Gasteiger partial charge is 0.361 e. The second kappa shape index (κ2) is 5.95. The normalized spacial score (nSPS) is 13.9. The van der Waals surface area contributed by atoms with E-state index in [2.05, 4.69) is 27.4 Å². The molecule has 0 radical (unpaired) electrons. The first-order valence-corrected chi connectivity index (χ1v) is 8.35. The van der Waals surface area contributed by atoms with Crippen LogP contribution in [0.4, 0.5) is 0 Å². The highest BCUT2D eigenvalue weighted by Crippen LogP contribution is 2.21. The predicted molar refractivity (Wildman–Crippen MR) is 91.8 cm³/mol. The first kappa shape index (κ1) is 14.1. The maximum absolute atomic E-state index is 12.3. The van der Waals surface area contributed by atoms with Crippen molar-refractivity contribution in [1.29, 1.82) is 0 Å². The zero-order chi connectivity index (χ0) is 15.6. The van der Waals surface area contributed by atoms with Gasteiger partial charge in [0.1, 0.15) is 5.69 Å². The summed E-state index contributed by atoms with van der Waals surface area (Å²) in [5.74, 6) is -0.000703. The first-order valence-electron chi connectivity index (χ1n) is 8.35. The van der Waals surface area contributed by atoms with E-state index in [4.69, 9.17) is 0 Å². The standard InChI is InChI=1S/C19H21N3O/c23-19(18-11-13-5-1-3-7-16(13)22-18)20-10-9-14-12-21-17-8-4-2-6-15(14)17/h2,4,6,8,11-12,21-22H,1,3,5,7,9-10H2,(H,20,23). The van der Waals surface area contributed by atoms with Crippen LogP contribution in [0.3, 0.4) is 0 Å². The molecule has 0 saturated heterocycles. The van der Waals surface area contributed by atoms with Crippen LogP contribution >= 0.6 is 0 Å². The Morgan fingerprint density at radius 2 is 2.04 bits per heavy atom. The highest BCUT2D eigenvalue weighted by molar-refractivity contribution is 5.93. The molecule has 4 nitrogen and oxygen atoms in total. The first-order chi connectivity index (χ1) is 11.3. The van der Waals surface area contributed by atoms with E-state index in [1.165, 1.54) is 35.0 Å². The third kappa shape index (κ3) is 2.77. The van der Waals surface area contributed by atoms with Gasteiger partial charge in [0.15, 0.2) is 0 Å². The SMILES string of the molecule is O=C(NCCc1c[nH]c2ccccc12)c1cc2c([nH]1)CCCC2. The van der Waals surface area contributed by atoms with E-state index in [1.54, 1.807) is 0 Å². The third-order valence-electron chi connectivity index (χ3n) is 4.71. The van der Waals surface area contributed by atoms with E-state index in [0.717, 1.165) is 24.8 Å². The fourth-order valence-corrected chi connectivity index (χ4v) is 3.47. The molecule has 0 unspecified atom stereocenters. The molecule has 0 spiro atoms. The summed E-state index contributed by atoms with van der Waals surface area (Å²) in [7, 11) is 0. The second-order valence-corrected chi connectivity index (χ2v) is 6.26. The summed E-state index contributed by atoms with van der Waals surface area (Å²) in [6.07, 6.45) is 7.47.